The smallest absolute Gasteiger partial charge is 0.330 e. The molecule has 36 heavy (non-hydrogen) atoms. The molecule has 0 spiro atoms. The predicted molar refractivity (Wildman–Crippen MR) is 146 cm³/mol. The van der Waals surface area contributed by atoms with Crippen molar-refractivity contribution >= 4 is 45.6 Å². The Bertz CT molecular complexity index is 1270. The number of hydrogen-bond acceptors (Lipinski definition) is 4. The summed E-state index contributed by atoms with van der Waals surface area (Å²) in [5.41, 5.74) is 1.98. The SMILES string of the molecule is O=C(C=Cc1cccc2ccccc12)OCCCCCCOC(=O)C=Cc1cccc2ccccc12. The lowest BCUT2D eigenvalue weighted by Crippen LogP contribution is -2.04. The Hall–Kier alpha value is -4.18. The summed E-state index contributed by atoms with van der Waals surface area (Å²) in [7, 11) is 0. The van der Waals surface area contributed by atoms with Gasteiger partial charge in [-0.25, -0.2) is 9.59 Å². The van der Waals surface area contributed by atoms with Crippen LogP contribution in [0.1, 0.15) is 36.8 Å². The molecule has 4 nitrogen and oxygen atoms in total. The van der Waals surface area contributed by atoms with Gasteiger partial charge in [0.25, 0.3) is 0 Å². The molecule has 4 aromatic carbocycles. The molecule has 0 aromatic heterocycles. The molecule has 0 aliphatic carbocycles. The van der Waals surface area contributed by atoms with Gasteiger partial charge < -0.3 is 9.47 Å². The average Bonchev–Trinajstić information content (AvgIpc) is 2.92. The maximum atomic E-state index is 12.0. The van der Waals surface area contributed by atoms with Gasteiger partial charge in [0.2, 0.25) is 0 Å². The van der Waals surface area contributed by atoms with E-state index in [1.807, 2.05) is 60.7 Å². The number of ether oxygens (including phenoxy) is 2. The van der Waals surface area contributed by atoms with E-state index in [1.165, 1.54) is 12.2 Å². The van der Waals surface area contributed by atoms with Crippen molar-refractivity contribution in [2.75, 3.05) is 13.2 Å². The highest BCUT2D eigenvalue weighted by Gasteiger charge is 2.02. The third-order valence-electron chi connectivity index (χ3n) is 5.97. The molecule has 0 aliphatic rings. The first-order valence-corrected chi connectivity index (χ1v) is 12.4. The standard InChI is InChI=1S/C32H30O4/c33-31(21-19-27-15-9-13-25-11-3-5-17-29(25)27)35-23-7-1-2-8-24-36-32(34)22-20-28-16-10-14-26-12-4-6-18-30(26)28/h3-6,9-22H,1-2,7-8,23-24H2. The van der Waals surface area contributed by atoms with Crippen LogP contribution in [0, 0.1) is 0 Å². The molecule has 0 heterocycles. The van der Waals surface area contributed by atoms with Crippen LogP contribution < -0.4 is 0 Å². The third-order valence-corrected chi connectivity index (χ3v) is 5.97. The van der Waals surface area contributed by atoms with Crippen molar-refractivity contribution in [2.45, 2.75) is 25.7 Å². The van der Waals surface area contributed by atoms with Crippen LogP contribution in [0.3, 0.4) is 0 Å². The quantitative estimate of drug-likeness (QED) is 0.128. The molecule has 0 amide bonds. The number of unbranched alkanes of at least 4 members (excludes halogenated alkanes) is 3. The minimum absolute atomic E-state index is 0.338. The monoisotopic (exact) mass is 478 g/mol. The van der Waals surface area contributed by atoms with Crippen molar-refractivity contribution in [3.8, 4) is 0 Å². The Morgan fingerprint density at radius 1 is 0.528 bits per heavy atom. The Kier molecular flexibility index (Phi) is 9.04. The molecule has 0 aliphatic heterocycles. The van der Waals surface area contributed by atoms with E-state index in [0.717, 1.165) is 58.4 Å². The fourth-order valence-electron chi connectivity index (χ4n) is 4.11. The molecule has 0 saturated carbocycles. The van der Waals surface area contributed by atoms with Crippen molar-refractivity contribution in [3.63, 3.8) is 0 Å². The first kappa shape index (κ1) is 24.9. The lowest BCUT2D eigenvalue weighted by atomic mass is 10.0. The van der Waals surface area contributed by atoms with Gasteiger partial charge in [0.05, 0.1) is 13.2 Å². The molecule has 182 valence electrons. The van der Waals surface area contributed by atoms with E-state index in [9.17, 15) is 9.59 Å². The summed E-state index contributed by atoms with van der Waals surface area (Å²) < 4.78 is 10.6. The number of fused-ring (bicyclic) bond motifs is 2. The summed E-state index contributed by atoms with van der Waals surface area (Å²) in [5, 5.41) is 4.49. The summed E-state index contributed by atoms with van der Waals surface area (Å²) in [4.78, 5) is 24.1. The maximum Gasteiger partial charge on any atom is 0.330 e. The summed E-state index contributed by atoms with van der Waals surface area (Å²) in [5.74, 6) is -0.676. The highest BCUT2D eigenvalue weighted by Crippen LogP contribution is 2.20. The number of benzene rings is 4. The van der Waals surface area contributed by atoms with E-state index >= 15 is 0 Å². The van der Waals surface area contributed by atoms with Gasteiger partial charge >= 0.3 is 11.9 Å². The second-order valence-corrected chi connectivity index (χ2v) is 8.55. The van der Waals surface area contributed by atoms with Crippen molar-refractivity contribution in [2.24, 2.45) is 0 Å². The molecular weight excluding hydrogens is 448 g/mol. The van der Waals surface area contributed by atoms with Gasteiger partial charge in [-0.1, -0.05) is 84.9 Å². The number of carbonyl (C=O) groups is 2. The Morgan fingerprint density at radius 3 is 1.42 bits per heavy atom. The lowest BCUT2D eigenvalue weighted by molar-refractivity contribution is -0.139. The van der Waals surface area contributed by atoms with Crippen LogP contribution in [0.15, 0.2) is 97.1 Å². The minimum atomic E-state index is -0.338. The third kappa shape index (κ3) is 7.16. The number of hydrogen-bond donors (Lipinski definition) is 0. The fourth-order valence-corrected chi connectivity index (χ4v) is 4.11. The molecule has 0 atom stereocenters. The van der Waals surface area contributed by atoms with Crippen molar-refractivity contribution < 1.29 is 19.1 Å². The topological polar surface area (TPSA) is 52.6 Å². The molecule has 0 radical (unpaired) electrons. The Labute approximate surface area is 211 Å². The van der Waals surface area contributed by atoms with Gasteiger partial charge in [0.15, 0.2) is 0 Å². The number of rotatable bonds is 11. The van der Waals surface area contributed by atoms with Gasteiger partial charge in [0, 0.05) is 12.2 Å². The van der Waals surface area contributed by atoms with E-state index < -0.39 is 0 Å². The van der Waals surface area contributed by atoms with E-state index in [2.05, 4.69) is 24.3 Å². The van der Waals surface area contributed by atoms with E-state index in [1.54, 1.807) is 12.2 Å². The normalized spacial score (nSPS) is 11.4. The van der Waals surface area contributed by atoms with Gasteiger partial charge in [-0.2, -0.15) is 0 Å². The van der Waals surface area contributed by atoms with Crippen LogP contribution in [0.5, 0.6) is 0 Å². The van der Waals surface area contributed by atoms with E-state index in [4.69, 9.17) is 9.47 Å². The molecule has 0 unspecified atom stereocenters. The van der Waals surface area contributed by atoms with Crippen molar-refractivity contribution in [1.82, 2.24) is 0 Å². The van der Waals surface area contributed by atoms with Gasteiger partial charge in [-0.3, -0.25) is 0 Å². The zero-order valence-electron chi connectivity index (χ0n) is 20.3. The van der Waals surface area contributed by atoms with Gasteiger partial charge in [0.1, 0.15) is 0 Å². The molecule has 0 bridgehead atoms. The van der Waals surface area contributed by atoms with Crippen LogP contribution in [-0.4, -0.2) is 25.2 Å². The molecule has 4 heteroatoms. The minimum Gasteiger partial charge on any atom is -0.463 e. The van der Waals surface area contributed by atoms with Crippen LogP contribution in [0.2, 0.25) is 0 Å². The molecule has 0 N–H and O–H groups in total. The molecule has 4 aromatic rings. The highest BCUT2D eigenvalue weighted by molar-refractivity contribution is 5.95. The molecule has 4 rings (SSSR count). The van der Waals surface area contributed by atoms with Gasteiger partial charge in [-0.15, -0.1) is 0 Å². The fraction of sp³-hybridized carbons (Fsp3) is 0.188. The van der Waals surface area contributed by atoms with Crippen LogP contribution in [-0.2, 0) is 19.1 Å². The second kappa shape index (κ2) is 13.1. The zero-order valence-corrected chi connectivity index (χ0v) is 20.3. The van der Waals surface area contributed by atoms with Gasteiger partial charge in [-0.05, 0) is 70.5 Å². The average molecular weight is 479 g/mol. The van der Waals surface area contributed by atoms with Crippen LogP contribution in [0.25, 0.3) is 33.7 Å². The summed E-state index contributed by atoms with van der Waals surface area (Å²) in [6.07, 6.45) is 9.93. The Morgan fingerprint density at radius 2 is 0.944 bits per heavy atom. The Balaban J connectivity index is 1.09. The summed E-state index contributed by atoms with van der Waals surface area (Å²) in [6, 6.07) is 28.2. The maximum absolute atomic E-state index is 12.0. The second-order valence-electron chi connectivity index (χ2n) is 8.55. The van der Waals surface area contributed by atoms with Crippen molar-refractivity contribution in [1.29, 1.82) is 0 Å². The summed E-state index contributed by atoms with van der Waals surface area (Å²) >= 11 is 0. The highest BCUT2D eigenvalue weighted by atomic mass is 16.5. The molecule has 0 saturated heterocycles. The first-order chi connectivity index (χ1) is 17.7. The van der Waals surface area contributed by atoms with E-state index in [0.29, 0.717) is 13.2 Å². The molecule has 0 fully saturated rings. The number of carbonyl (C=O) groups excluding carboxylic acids is 2. The number of esters is 2. The van der Waals surface area contributed by atoms with Crippen LogP contribution >= 0.6 is 0 Å². The largest absolute Gasteiger partial charge is 0.463 e. The van der Waals surface area contributed by atoms with Crippen LogP contribution in [0.4, 0.5) is 0 Å². The molecular formula is C32H30O4. The summed E-state index contributed by atoms with van der Waals surface area (Å²) in [6.45, 7) is 0.762. The lowest BCUT2D eigenvalue weighted by Gasteiger charge is -2.04. The van der Waals surface area contributed by atoms with E-state index in [-0.39, 0.29) is 11.9 Å². The first-order valence-electron chi connectivity index (χ1n) is 12.4. The van der Waals surface area contributed by atoms with Crippen molar-refractivity contribution in [3.05, 3.63) is 108 Å². The zero-order chi connectivity index (χ0) is 25.0. The predicted octanol–water partition coefficient (Wildman–Crippen LogP) is 7.37.